The standard InChI is InChI=1S/C13H16N2O5S/c1-7(2)11(13(17)18)21-6-9-4-3-8(12(14)16)5-10(9)15(19)20/h3-5,7,11H,6H2,1-2H3,(H2,14,16)(H,17,18). The molecule has 1 unspecified atom stereocenters. The number of aliphatic carboxylic acids is 1. The van der Waals surface area contributed by atoms with Crippen LogP contribution in [-0.4, -0.2) is 27.2 Å². The van der Waals surface area contributed by atoms with Gasteiger partial charge in [-0.2, -0.15) is 0 Å². The number of thioether (sulfide) groups is 1. The number of primary amides is 1. The van der Waals surface area contributed by atoms with Gasteiger partial charge in [0.15, 0.2) is 0 Å². The van der Waals surface area contributed by atoms with Crippen LogP contribution in [0.15, 0.2) is 18.2 Å². The predicted octanol–water partition coefficient (Wildman–Crippen LogP) is 2.04. The maximum atomic E-state index is 11.1. The molecule has 0 aromatic heterocycles. The molecule has 0 heterocycles. The molecule has 0 aliphatic carbocycles. The largest absolute Gasteiger partial charge is 0.480 e. The average Bonchev–Trinajstić information content (AvgIpc) is 2.37. The number of carbonyl (C=O) groups excluding carboxylic acids is 1. The van der Waals surface area contributed by atoms with E-state index in [1.807, 2.05) is 0 Å². The van der Waals surface area contributed by atoms with Crippen LogP contribution in [0.4, 0.5) is 5.69 Å². The topological polar surface area (TPSA) is 124 Å². The Morgan fingerprint density at radius 1 is 1.43 bits per heavy atom. The molecule has 0 aliphatic heterocycles. The number of hydrogen-bond donors (Lipinski definition) is 2. The average molecular weight is 312 g/mol. The summed E-state index contributed by atoms with van der Waals surface area (Å²) in [6.07, 6.45) is 0. The lowest BCUT2D eigenvalue weighted by atomic mass is 10.1. The summed E-state index contributed by atoms with van der Waals surface area (Å²) in [6, 6.07) is 3.95. The fourth-order valence-corrected chi connectivity index (χ4v) is 2.87. The predicted molar refractivity (Wildman–Crippen MR) is 79.2 cm³/mol. The first-order valence-corrected chi connectivity index (χ1v) is 7.20. The molecule has 0 aliphatic rings. The van der Waals surface area contributed by atoms with Crippen LogP contribution in [0.1, 0.15) is 29.8 Å². The molecule has 114 valence electrons. The van der Waals surface area contributed by atoms with Gasteiger partial charge in [-0.3, -0.25) is 19.7 Å². The summed E-state index contributed by atoms with van der Waals surface area (Å²) in [5.41, 5.74) is 5.27. The van der Waals surface area contributed by atoms with Crippen LogP contribution in [0.3, 0.4) is 0 Å². The first-order chi connectivity index (χ1) is 9.73. The van der Waals surface area contributed by atoms with Crippen molar-refractivity contribution in [2.24, 2.45) is 11.7 Å². The Morgan fingerprint density at radius 3 is 2.48 bits per heavy atom. The van der Waals surface area contributed by atoms with Crippen molar-refractivity contribution in [1.82, 2.24) is 0 Å². The van der Waals surface area contributed by atoms with Crippen molar-refractivity contribution in [1.29, 1.82) is 0 Å². The summed E-state index contributed by atoms with van der Waals surface area (Å²) >= 11 is 1.12. The van der Waals surface area contributed by atoms with Crippen LogP contribution in [0.25, 0.3) is 0 Å². The second-order valence-electron chi connectivity index (χ2n) is 4.78. The van der Waals surface area contributed by atoms with Gasteiger partial charge in [-0.1, -0.05) is 19.9 Å². The molecule has 1 aromatic carbocycles. The van der Waals surface area contributed by atoms with Crippen molar-refractivity contribution in [2.45, 2.75) is 24.9 Å². The fourth-order valence-electron chi connectivity index (χ4n) is 1.74. The normalized spacial score (nSPS) is 12.1. The number of carbonyl (C=O) groups is 2. The van der Waals surface area contributed by atoms with Gasteiger partial charge in [0, 0.05) is 22.9 Å². The van der Waals surface area contributed by atoms with E-state index in [2.05, 4.69) is 0 Å². The van der Waals surface area contributed by atoms with Gasteiger partial charge in [-0.15, -0.1) is 11.8 Å². The lowest BCUT2D eigenvalue weighted by Crippen LogP contribution is -2.22. The smallest absolute Gasteiger partial charge is 0.316 e. The van der Waals surface area contributed by atoms with Gasteiger partial charge in [-0.05, 0) is 12.0 Å². The number of rotatable bonds is 7. The van der Waals surface area contributed by atoms with E-state index in [4.69, 9.17) is 10.8 Å². The number of benzene rings is 1. The van der Waals surface area contributed by atoms with Crippen LogP contribution < -0.4 is 5.73 Å². The maximum absolute atomic E-state index is 11.1. The zero-order valence-corrected chi connectivity index (χ0v) is 12.4. The van der Waals surface area contributed by atoms with Crippen LogP contribution in [0, 0.1) is 16.0 Å². The Labute approximate surface area is 125 Å². The molecule has 1 atom stereocenters. The summed E-state index contributed by atoms with van der Waals surface area (Å²) in [4.78, 5) is 32.6. The number of nitrogens with two attached hydrogens (primary N) is 1. The minimum atomic E-state index is -0.952. The van der Waals surface area contributed by atoms with Crippen molar-refractivity contribution < 1.29 is 19.6 Å². The van der Waals surface area contributed by atoms with E-state index < -0.39 is 22.0 Å². The minimum Gasteiger partial charge on any atom is -0.480 e. The van der Waals surface area contributed by atoms with E-state index in [0.717, 1.165) is 17.8 Å². The number of amides is 1. The Kier molecular flexibility index (Phi) is 5.71. The number of nitro benzene ring substituents is 1. The molecule has 21 heavy (non-hydrogen) atoms. The van der Waals surface area contributed by atoms with Gasteiger partial charge in [0.2, 0.25) is 5.91 Å². The first kappa shape index (κ1) is 17.0. The van der Waals surface area contributed by atoms with Gasteiger partial charge < -0.3 is 10.8 Å². The third-order valence-electron chi connectivity index (χ3n) is 2.83. The third kappa shape index (κ3) is 4.45. The van der Waals surface area contributed by atoms with E-state index in [0.29, 0.717) is 5.56 Å². The number of nitro groups is 1. The lowest BCUT2D eigenvalue weighted by Gasteiger charge is -2.15. The van der Waals surface area contributed by atoms with Gasteiger partial charge in [0.25, 0.3) is 5.69 Å². The fraction of sp³-hybridized carbons (Fsp3) is 0.385. The number of carboxylic acids is 1. The SMILES string of the molecule is CC(C)C(SCc1ccc(C(N)=O)cc1[N+](=O)[O-])C(=O)O. The van der Waals surface area contributed by atoms with E-state index in [9.17, 15) is 19.7 Å². The summed E-state index contributed by atoms with van der Waals surface area (Å²) in [5, 5.41) is 19.5. The molecule has 0 fully saturated rings. The quantitative estimate of drug-likeness (QED) is 0.586. The molecule has 0 radical (unpaired) electrons. The van der Waals surface area contributed by atoms with Gasteiger partial charge in [-0.25, -0.2) is 0 Å². The molecule has 0 spiro atoms. The Morgan fingerprint density at radius 2 is 2.05 bits per heavy atom. The molecule has 3 N–H and O–H groups in total. The monoisotopic (exact) mass is 312 g/mol. The number of hydrogen-bond acceptors (Lipinski definition) is 5. The molecular formula is C13H16N2O5S. The summed E-state index contributed by atoms with van der Waals surface area (Å²) in [5.74, 6) is -1.63. The summed E-state index contributed by atoms with van der Waals surface area (Å²) in [7, 11) is 0. The van der Waals surface area contributed by atoms with Gasteiger partial charge in [0.05, 0.1) is 4.92 Å². The number of nitrogens with zero attached hydrogens (tertiary/aromatic N) is 1. The summed E-state index contributed by atoms with van der Waals surface area (Å²) in [6.45, 7) is 3.55. The highest BCUT2D eigenvalue weighted by molar-refractivity contribution is 7.99. The molecule has 0 saturated heterocycles. The van der Waals surface area contributed by atoms with Crippen LogP contribution >= 0.6 is 11.8 Å². The van der Waals surface area contributed by atoms with Crippen molar-refractivity contribution in [2.75, 3.05) is 0 Å². The first-order valence-electron chi connectivity index (χ1n) is 6.15. The highest BCUT2D eigenvalue weighted by Gasteiger charge is 2.24. The van der Waals surface area contributed by atoms with E-state index in [1.165, 1.54) is 12.1 Å². The van der Waals surface area contributed by atoms with Gasteiger partial charge in [0.1, 0.15) is 5.25 Å². The lowest BCUT2D eigenvalue weighted by molar-refractivity contribution is -0.385. The van der Waals surface area contributed by atoms with Crippen molar-refractivity contribution >= 4 is 29.3 Å². The molecule has 1 amide bonds. The molecule has 1 rings (SSSR count). The van der Waals surface area contributed by atoms with Gasteiger partial charge >= 0.3 is 5.97 Å². The van der Waals surface area contributed by atoms with E-state index in [1.54, 1.807) is 13.8 Å². The Hall–Kier alpha value is -2.09. The molecule has 7 nitrogen and oxygen atoms in total. The van der Waals surface area contributed by atoms with Crippen LogP contribution in [-0.2, 0) is 10.5 Å². The zero-order chi connectivity index (χ0) is 16.2. The second kappa shape index (κ2) is 7.07. The molecule has 0 saturated carbocycles. The van der Waals surface area contributed by atoms with Crippen molar-refractivity contribution in [3.05, 3.63) is 39.4 Å². The van der Waals surface area contributed by atoms with E-state index in [-0.39, 0.29) is 22.9 Å². The van der Waals surface area contributed by atoms with Crippen LogP contribution in [0.2, 0.25) is 0 Å². The molecule has 0 bridgehead atoms. The minimum absolute atomic E-state index is 0.0501. The third-order valence-corrected chi connectivity index (χ3v) is 4.42. The zero-order valence-electron chi connectivity index (χ0n) is 11.6. The number of carboxylic acid groups (broad SMARTS) is 1. The molecular weight excluding hydrogens is 296 g/mol. The Balaban J connectivity index is 3.00. The van der Waals surface area contributed by atoms with Crippen LogP contribution in [0.5, 0.6) is 0 Å². The molecule has 8 heteroatoms. The highest BCUT2D eigenvalue weighted by atomic mass is 32.2. The highest BCUT2D eigenvalue weighted by Crippen LogP contribution is 2.29. The second-order valence-corrected chi connectivity index (χ2v) is 5.91. The van der Waals surface area contributed by atoms with Crippen molar-refractivity contribution in [3.63, 3.8) is 0 Å². The maximum Gasteiger partial charge on any atom is 0.316 e. The summed E-state index contributed by atoms with van der Waals surface area (Å²) < 4.78 is 0. The van der Waals surface area contributed by atoms with Crippen molar-refractivity contribution in [3.8, 4) is 0 Å². The van der Waals surface area contributed by atoms with E-state index >= 15 is 0 Å². The molecule has 1 aromatic rings. The Bertz CT molecular complexity index is 574.